The average molecular weight is 267 g/mol. The van der Waals surface area contributed by atoms with E-state index in [0.717, 1.165) is 0 Å². The summed E-state index contributed by atoms with van der Waals surface area (Å²) in [5, 5.41) is 0.313. The minimum absolute atomic E-state index is 0.266. The van der Waals surface area contributed by atoms with E-state index in [-0.39, 0.29) is 12.4 Å². The van der Waals surface area contributed by atoms with E-state index in [2.05, 4.69) is 9.97 Å². The Bertz CT molecular complexity index is 575. The molecule has 0 aliphatic rings. The van der Waals surface area contributed by atoms with E-state index < -0.39 is 0 Å². The fourth-order valence-corrected chi connectivity index (χ4v) is 1.76. The van der Waals surface area contributed by atoms with Crippen molar-refractivity contribution in [2.24, 2.45) is 0 Å². The molecule has 1 aromatic heterocycles. The van der Waals surface area contributed by atoms with Gasteiger partial charge in [-0.15, -0.1) is 0 Å². The monoisotopic (exact) mass is 266 g/mol. The fraction of sp³-hybridized carbons (Fsp3) is 0.231. The van der Waals surface area contributed by atoms with Crippen LogP contribution in [0.4, 0.5) is 4.39 Å². The van der Waals surface area contributed by atoms with Gasteiger partial charge in [-0.3, -0.25) is 0 Å². The molecule has 1 heterocycles. The van der Waals surface area contributed by atoms with Gasteiger partial charge in [0.1, 0.15) is 17.6 Å². The number of hydrogen-bond donors (Lipinski definition) is 0. The summed E-state index contributed by atoms with van der Waals surface area (Å²) in [5.74, 6) is 0.205. The van der Waals surface area contributed by atoms with E-state index in [1.165, 1.54) is 6.07 Å². The van der Waals surface area contributed by atoms with E-state index in [4.69, 9.17) is 16.3 Å². The molecule has 0 aliphatic carbocycles. The van der Waals surface area contributed by atoms with Crippen molar-refractivity contribution in [1.29, 1.82) is 0 Å². The smallest absolute Gasteiger partial charge is 0.156 e. The molecule has 0 unspecified atom stereocenters. The lowest BCUT2D eigenvalue weighted by atomic mass is 10.1. The van der Waals surface area contributed by atoms with Gasteiger partial charge in [-0.05, 0) is 18.6 Å². The summed E-state index contributed by atoms with van der Waals surface area (Å²) in [7, 11) is 1.55. The number of aromatic nitrogens is 2. The van der Waals surface area contributed by atoms with Gasteiger partial charge in [-0.1, -0.05) is 23.7 Å². The van der Waals surface area contributed by atoms with E-state index in [1.54, 1.807) is 32.2 Å². The van der Waals surface area contributed by atoms with Crippen LogP contribution in [0.2, 0.25) is 5.15 Å². The molecule has 0 atom stereocenters. The Kier molecular flexibility index (Phi) is 3.89. The van der Waals surface area contributed by atoms with Crippen LogP contribution in [0.1, 0.15) is 11.4 Å². The molecule has 2 rings (SSSR count). The number of aryl methyl sites for hydroxylation is 1. The molecule has 0 N–H and O–H groups in total. The van der Waals surface area contributed by atoms with Gasteiger partial charge in [0, 0.05) is 18.7 Å². The van der Waals surface area contributed by atoms with Gasteiger partial charge >= 0.3 is 0 Å². The first-order valence-electron chi connectivity index (χ1n) is 5.39. The highest BCUT2D eigenvalue weighted by molar-refractivity contribution is 6.29. The van der Waals surface area contributed by atoms with Crippen LogP contribution >= 0.6 is 11.6 Å². The number of hydrogen-bond acceptors (Lipinski definition) is 3. The summed E-state index contributed by atoms with van der Waals surface area (Å²) in [5.41, 5.74) is 1.84. The third-order valence-corrected chi connectivity index (χ3v) is 2.68. The minimum Gasteiger partial charge on any atom is -0.377 e. The van der Waals surface area contributed by atoms with Gasteiger partial charge in [-0.2, -0.15) is 0 Å². The first-order valence-corrected chi connectivity index (χ1v) is 5.77. The maximum atomic E-state index is 13.5. The summed E-state index contributed by atoms with van der Waals surface area (Å²) < 4.78 is 18.5. The summed E-state index contributed by atoms with van der Waals surface area (Å²) >= 11 is 5.91. The second-order valence-electron chi connectivity index (χ2n) is 3.89. The van der Waals surface area contributed by atoms with Gasteiger partial charge in [0.2, 0.25) is 0 Å². The lowest BCUT2D eigenvalue weighted by Gasteiger charge is -2.06. The molecule has 1 aromatic carbocycles. The quantitative estimate of drug-likeness (QED) is 0.799. The minimum atomic E-state index is -0.268. The highest BCUT2D eigenvalue weighted by Gasteiger charge is 2.07. The molecule has 94 valence electrons. The van der Waals surface area contributed by atoms with Crippen molar-refractivity contribution in [2.45, 2.75) is 13.5 Å². The largest absolute Gasteiger partial charge is 0.377 e. The van der Waals surface area contributed by atoms with E-state index in [0.29, 0.717) is 27.8 Å². The zero-order valence-electron chi connectivity index (χ0n) is 10.1. The topological polar surface area (TPSA) is 35.0 Å². The third-order valence-electron chi connectivity index (χ3n) is 2.48. The van der Waals surface area contributed by atoms with Crippen LogP contribution in [0.25, 0.3) is 11.3 Å². The number of ether oxygens (including phenoxy) is 1. The van der Waals surface area contributed by atoms with E-state index in [1.807, 2.05) is 0 Å². The molecule has 0 saturated heterocycles. The van der Waals surface area contributed by atoms with Crippen LogP contribution in [-0.4, -0.2) is 17.1 Å². The van der Waals surface area contributed by atoms with Gasteiger partial charge in [0.25, 0.3) is 0 Å². The average Bonchev–Trinajstić information content (AvgIpc) is 2.32. The molecule has 3 nitrogen and oxygen atoms in total. The Morgan fingerprint density at radius 3 is 2.72 bits per heavy atom. The molecule has 0 saturated carbocycles. The number of halogens is 2. The highest BCUT2D eigenvalue weighted by Crippen LogP contribution is 2.22. The zero-order valence-corrected chi connectivity index (χ0v) is 10.8. The molecular formula is C13H12ClFN2O. The van der Waals surface area contributed by atoms with Crippen molar-refractivity contribution in [3.63, 3.8) is 0 Å². The molecule has 0 radical (unpaired) electrons. The van der Waals surface area contributed by atoms with Gasteiger partial charge in [-0.25, -0.2) is 14.4 Å². The second-order valence-corrected chi connectivity index (χ2v) is 4.28. The SMILES string of the molecule is COCc1nc(Cl)cc(-c2ccc(C)c(F)c2)n1. The van der Waals surface area contributed by atoms with Crippen molar-refractivity contribution in [1.82, 2.24) is 9.97 Å². The molecule has 0 amide bonds. The van der Waals surface area contributed by atoms with Crippen molar-refractivity contribution >= 4 is 11.6 Å². The molecule has 0 spiro atoms. The van der Waals surface area contributed by atoms with Crippen molar-refractivity contribution in [3.8, 4) is 11.3 Å². The normalized spacial score (nSPS) is 10.7. The fourth-order valence-electron chi connectivity index (χ4n) is 1.56. The molecule has 2 aromatic rings. The summed E-state index contributed by atoms with van der Waals surface area (Å²) in [6.45, 7) is 1.98. The Balaban J connectivity index is 2.46. The van der Waals surface area contributed by atoms with Crippen LogP contribution in [0.3, 0.4) is 0 Å². The Morgan fingerprint density at radius 2 is 2.06 bits per heavy atom. The van der Waals surface area contributed by atoms with Gasteiger partial charge in [0.05, 0.1) is 5.69 Å². The first kappa shape index (κ1) is 12.9. The standard InChI is InChI=1S/C13H12ClFN2O/c1-8-3-4-9(5-10(8)15)11-6-12(14)17-13(16-11)7-18-2/h3-6H,7H2,1-2H3. The highest BCUT2D eigenvalue weighted by atomic mass is 35.5. The predicted molar refractivity (Wildman–Crippen MR) is 67.9 cm³/mol. The lowest BCUT2D eigenvalue weighted by Crippen LogP contribution is -1.99. The van der Waals surface area contributed by atoms with Crippen LogP contribution in [0.15, 0.2) is 24.3 Å². The molecule has 0 aliphatic heterocycles. The van der Waals surface area contributed by atoms with Crippen LogP contribution in [-0.2, 0) is 11.3 Å². The van der Waals surface area contributed by atoms with Gasteiger partial charge < -0.3 is 4.74 Å². The molecule has 5 heteroatoms. The molecule has 0 bridgehead atoms. The first-order chi connectivity index (χ1) is 8.60. The van der Waals surface area contributed by atoms with Crippen LogP contribution in [0.5, 0.6) is 0 Å². The maximum Gasteiger partial charge on any atom is 0.156 e. The summed E-state index contributed by atoms with van der Waals surface area (Å²) in [6, 6.07) is 6.54. The zero-order chi connectivity index (χ0) is 13.1. The summed E-state index contributed by atoms with van der Waals surface area (Å²) in [6.07, 6.45) is 0. The lowest BCUT2D eigenvalue weighted by molar-refractivity contribution is 0.178. The van der Waals surface area contributed by atoms with E-state index in [9.17, 15) is 4.39 Å². The Hall–Kier alpha value is -1.52. The molecular weight excluding hydrogens is 255 g/mol. The molecule has 0 fully saturated rings. The van der Waals surface area contributed by atoms with E-state index >= 15 is 0 Å². The van der Waals surface area contributed by atoms with Gasteiger partial charge in [0.15, 0.2) is 5.82 Å². The Morgan fingerprint density at radius 1 is 1.28 bits per heavy atom. The number of nitrogens with zero attached hydrogens (tertiary/aromatic N) is 2. The molecule has 18 heavy (non-hydrogen) atoms. The number of benzene rings is 1. The number of rotatable bonds is 3. The summed E-state index contributed by atoms with van der Waals surface area (Å²) in [4.78, 5) is 8.30. The Labute approximate surface area is 110 Å². The number of methoxy groups -OCH3 is 1. The van der Waals surface area contributed by atoms with Crippen LogP contribution < -0.4 is 0 Å². The van der Waals surface area contributed by atoms with Crippen molar-refractivity contribution in [3.05, 3.63) is 46.6 Å². The third kappa shape index (κ3) is 2.83. The van der Waals surface area contributed by atoms with Crippen LogP contribution in [0, 0.1) is 12.7 Å². The maximum absolute atomic E-state index is 13.5. The van der Waals surface area contributed by atoms with Crippen molar-refractivity contribution in [2.75, 3.05) is 7.11 Å². The predicted octanol–water partition coefficient (Wildman–Crippen LogP) is 3.39. The second kappa shape index (κ2) is 5.42. The van der Waals surface area contributed by atoms with Crippen molar-refractivity contribution < 1.29 is 9.13 Å².